The molecule has 2 aromatic heterocycles. The number of sulfone groups is 1. The Labute approximate surface area is 167 Å². The summed E-state index contributed by atoms with van der Waals surface area (Å²) in [6.45, 7) is 2.44. The monoisotopic (exact) mass is 419 g/mol. The van der Waals surface area contributed by atoms with Crippen LogP contribution in [0.15, 0.2) is 47.6 Å². The molecule has 146 valence electrons. The van der Waals surface area contributed by atoms with Crippen LogP contribution in [0, 0.1) is 0 Å². The van der Waals surface area contributed by atoms with Crippen molar-refractivity contribution in [3.63, 3.8) is 0 Å². The van der Waals surface area contributed by atoms with Gasteiger partial charge in [0.25, 0.3) is 0 Å². The highest BCUT2D eigenvalue weighted by molar-refractivity contribution is 7.90. The lowest BCUT2D eigenvalue weighted by atomic mass is 10.1. The number of benzene rings is 1. The van der Waals surface area contributed by atoms with Crippen molar-refractivity contribution in [1.82, 2.24) is 14.8 Å². The first-order valence-corrected chi connectivity index (χ1v) is 10.6. The zero-order valence-electron chi connectivity index (χ0n) is 15.3. The van der Waals surface area contributed by atoms with Crippen LogP contribution in [0.3, 0.4) is 0 Å². The number of hydrogen-bond acceptors (Lipinski definition) is 6. The molecular formula is C19H18ClN3O4S. The highest BCUT2D eigenvalue weighted by atomic mass is 35.5. The zero-order valence-corrected chi connectivity index (χ0v) is 16.9. The molecule has 0 unspecified atom stereocenters. The summed E-state index contributed by atoms with van der Waals surface area (Å²) in [4.78, 5) is 4.39. The first-order chi connectivity index (χ1) is 13.4. The number of methoxy groups -OCH3 is 1. The molecular weight excluding hydrogens is 402 g/mol. The number of aromatic nitrogens is 3. The maximum atomic E-state index is 13.0. The van der Waals surface area contributed by atoms with Gasteiger partial charge in [-0.05, 0) is 42.8 Å². The molecule has 9 heteroatoms. The topological polar surface area (TPSA) is 83.3 Å². The molecule has 0 spiro atoms. The standard InChI is InChI=1S/C19H18ClN3O4S/c1-12-10-27-19-15(16-5-6-22-23(12)16)7-13(9-21-19)11-28(24,25)18-8-14(20)3-4-17(18)26-2/h3-9,12H,10-11H2,1-2H3/t12-/m1/s1. The van der Waals surface area contributed by atoms with Gasteiger partial charge in [-0.3, -0.25) is 4.68 Å². The third kappa shape index (κ3) is 3.33. The minimum atomic E-state index is -3.70. The third-order valence-electron chi connectivity index (χ3n) is 4.55. The third-order valence-corrected chi connectivity index (χ3v) is 6.49. The van der Waals surface area contributed by atoms with Gasteiger partial charge in [-0.1, -0.05) is 11.6 Å². The highest BCUT2D eigenvalue weighted by Gasteiger charge is 2.25. The summed E-state index contributed by atoms with van der Waals surface area (Å²) in [5, 5.41) is 4.67. The second kappa shape index (κ2) is 7.10. The van der Waals surface area contributed by atoms with Gasteiger partial charge in [0.1, 0.15) is 17.3 Å². The van der Waals surface area contributed by atoms with Crippen molar-refractivity contribution in [1.29, 1.82) is 0 Å². The fourth-order valence-electron chi connectivity index (χ4n) is 3.21. The fourth-order valence-corrected chi connectivity index (χ4v) is 4.97. The van der Waals surface area contributed by atoms with E-state index < -0.39 is 9.84 Å². The van der Waals surface area contributed by atoms with E-state index in [-0.39, 0.29) is 22.4 Å². The Morgan fingerprint density at radius 1 is 1.32 bits per heavy atom. The second-order valence-electron chi connectivity index (χ2n) is 6.57. The quantitative estimate of drug-likeness (QED) is 0.643. The summed E-state index contributed by atoms with van der Waals surface area (Å²) in [5.74, 6) is 0.475. The smallest absolute Gasteiger partial charge is 0.222 e. The lowest BCUT2D eigenvalue weighted by Crippen LogP contribution is -2.13. The Morgan fingerprint density at radius 2 is 2.14 bits per heavy atom. The largest absolute Gasteiger partial charge is 0.495 e. The molecule has 0 saturated carbocycles. The summed E-state index contributed by atoms with van der Waals surface area (Å²) in [6, 6.07) is 8.21. The SMILES string of the molecule is COc1ccc(Cl)cc1S(=O)(=O)Cc1cnc2c(c1)-c1ccnn1[C@H](C)CO2. The van der Waals surface area contributed by atoms with Gasteiger partial charge < -0.3 is 9.47 Å². The van der Waals surface area contributed by atoms with Crippen molar-refractivity contribution in [3.05, 3.63) is 53.3 Å². The molecule has 4 rings (SSSR count). The van der Waals surface area contributed by atoms with Crippen LogP contribution in [0.25, 0.3) is 11.3 Å². The average Bonchev–Trinajstić information content (AvgIpc) is 3.11. The molecule has 0 aliphatic carbocycles. The van der Waals surface area contributed by atoms with Crippen molar-refractivity contribution in [2.75, 3.05) is 13.7 Å². The zero-order chi connectivity index (χ0) is 19.9. The summed E-state index contributed by atoms with van der Waals surface area (Å²) in [7, 11) is -2.28. The van der Waals surface area contributed by atoms with E-state index in [1.54, 1.807) is 18.3 Å². The molecule has 3 heterocycles. The summed E-state index contributed by atoms with van der Waals surface area (Å²) in [5.41, 5.74) is 2.09. The van der Waals surface area contributed by atoms with Gasteiger partial charge in [-0.2, -0.15) is 5.10 Å². The number of hydrogen-bond donors (Lipinski definition) is 0. The molecule has 0 radical (unpaired) electrons. The van der Waals surface area contributed by atoms with Gasteiger partial charge in [0, 0.05) is 17.4 Å². The van der Waals surface area contributed by atoms with E-state index in [0.717, 1.165) is 5.69 Å². The Bertz CT molecular complexity index is 1140. The maximum absolute atomic E-state index is 13.0. The van der Waals surface area contributed by atoms with Crippen LogP contribution >= 0.6 is 11.6 Å². The van der Waals surface area contributed by atoms with Crippen LogP contribution in [0.1, 0.15) is 18.5 Å². The summed E-state index contributed by atoms with van der Waals surface area (Å²) >= 11 is 5.99. The van der Waals surface area contributed by atoms with E-state index in [1.807, 2.05) is 17.7 Å². The van der Waals surface area contributed by atoms with Gasteiger partial charge in [0.15, 0.2) is 9.84 Å². The van der Waals surface area contributed by atoms with Gasteiger partial charge in [0.2, 0.25) is 5.88 Å². The van der Waals surface area contributed by atoms with Crippen LogP contribution < -0.4 is 9.47 Å². The van der Waals surface area contributed by atoms with Crippen molar-refractivity contribution >= 4 is 21.4 Å². The highest BCUT2D eigenvalue weighted by Crippen LogP contribution is 2.35. The van der Waals surface area contributed by atoms with Gasteiger partial charge in [0.05, 0.1) is 30.2 Å². The molecule has 0 bridgehead atoms. The lowest BCUT2D eigenvalue weighted by Gasteiger charge is -2.11. The number of rotatable bonds is 4. The van der Waals surface area contributed by atoms with Gasteiger partial charge in [-0.25, -0.2) is 13.4 Å². The Kier molecular flexibility index (Phi) is 4.76. The number of pyridine rings is 1. The molecule has 0 amide bonds. The summed E-state index contributed by atoms with van der Waals surface area (Å²) in [6.07, 6.45) is 3.23. The van der Waals surface area contributed by atoms with Crippen molar-refractivity contribution < 1.29 is 17.9 Å². The predicted octanol–water partition coefficient (Wildman–Crippen LogP) is 3.53. The van der Waals surface area contributed by atoms with Crippen LogP contribution in [-0.4, -0.2) is 36.9 Å². The molecule has 0 fully saturated rings. The molecule has 0 saturated heterocycles. The number of nitrogens with zero attached hydrogens (tertiary/aromatic N) is 3. The normalized spacial score (nSPS) is 15.9. The molecule has 28 heavy (non-hydrogen) atoms. The molecule has 3 aromatic rings. The Hall–Kier alpha value is -2.58. The Balaban J connectivity index is 1.74. The minimum Gasteiger partial charge on any atom is -0.495 e. The van der Waals surface area contributed by atoms with Crippen molar-refractivity contribution in [2.45, 2.75) is 23.6 Å². The number of ether oxygens (including phenoxy) is 2. The first-order valence-electron chi connectivity index (χ1n) is 8.61. The van der Waals surface area contributed by atoms with Crippen molar-refractivity contribution in [3.8, 4) is 22.9 Å². The minimum absolute atomic E-state index is 0.0436. The van der Waals surface area contributed by atoms with E-state index in [2.05, 4.69) is 10.1 Å². The average molecular weight is 420 g/mol. The molecule has 1 aliphatic heterocycles. The molecule has 7 nitrogen and oxygen atoms in total. The van der Waals surface area contributed by atoms with Crippen LogP contribution in [0.5, 0.6) is 11.6 Å². The predicted molar refractivity (Wildman–Crippen MR) is 105 cm³/mol. The van der Waals surface area contributed by atoms with Crippen LogP contribution in [-0.2, 0) is 15.6 Å². The van der Waals surface area contributed by atoms with E-state index in [0.29, 0.717) is 28.6 Å². The maximum Gasteiger partial charge on any atom is 0.222 e. The van der Waals surface area contributed by atoms with Gasteiger partial charge in [-0.15, -0.1) is 0 Å². The van der Waals surface area contributed by atoms with E-state index in [4.69, 9.17) is 21.1 Å². The van der Waals surface area contributed by atoms with E-state index in [9.17, 15) is 8.42 Å². The summed E-state index contributed by atoms with van der Waals surface area (Å²) < 4.78 is 38.8. The Morgan fingerprint density at radius 3 is 2.93 bits per heavy atom. The van der Waals surface area contributed by atoms with Gasteiger partial charge >= 0.3 is 0 Å². The first kappa shape index (κ1) is 18.8. The molecule has 1 aromatic carbocycles. The second-order valence-corrected chi connectivity index (χ2v) is 8.97. The lowest BCUT2D eigenvalue weighted by molar-refractivity contribution is 0.252. The number of fused-ring (bicyclic) bond motifs is 3. The molecule has 1 atom stereocenters. The van der Waals surface area contributed by atoms with Crippen molar-refractivity contribution in [2.24, 2.45) is 0 Å². The van der Waals surface area contributed by atoms with Crippen LogP contribution in [0.4, 0.5) is 0 Å². The molecule has 0 N–H and O–H groups in total. The van der Waals surface area contributed by atoms with E-state index >= 15 is 0 Å². The van der Waals surface area contributed by atoms with Crippen LogP contribution in [0.2, 0.25) is 5.02 Å². The molecule has 1 aliphatic rings. The fraction of sp³-hybridized carbons (Fsp3) is 0.263. The van der Waals surface area contributed by atoms with E-state index in [1.165, 1.54) is 25.4 Å². The number of halogens is 1.